The number of carbonyl (C=O) groups excluding carboxylic acids is 1. The van der Waals surface area contributed by atoms with Crippen LogP contribution in [0.3, 0.4) is 0 Å². The fourth-order valence-corrected chi connectivity index (χ4v) is 5.09. The fraction of sp³-hybridized carbons (Fsp3) is 0.387. The Balaban J connectivity index is 1.47. The van der Waals surface area contributed by atoms with Gasteiger partial charge in [0.15, 0.2) is 23.3 Å². The summed E-state index contributed by atoms with van der Waals surface area (Å²) in [6.45, 7) is 3.18. The maximum Gasteiger partial charge on any atom is 0.338 e. The van der Waals surface area contributed by atoms with Gasteiger partial charge in [-0.25, -0.2) is 4.79 Å². The lowest BCUT2D eigenvalue weighted by atomic mass is 9.81. The van der Waals surface area contributed by atoms with Crippen molar-refractivity contribution in [2.75, 3.05) is 19.8 Å². The molecule has 3 aromatic carbocycles. The van der Waals surface area contributed by atoms with E-state index in [2.05, 4.69) is 0 Å². The van der Waals surface area contributed by atoms with Gasteiger partial charge in [0.1, 0.15) is 12.7 Å². The molecule has 0 bridgehead atoms. The summed E-state index contributed by atoms with van der Waals surface area (Å²) in [7, 11) is 0. The molecule has 8 heteroatoms. The van der Waals surface area contributed by atoms with E-state index < -0.39 is 42.0 Å². The van der Waals surface area contributed by atoms with E-state index >= 15 is 0 Å². The van der Waals surface area contributed by atoms with Crippen molar-refractivity contribution < 1.29 is 38.3 Å². The first kappa shape index (κ1) is 27.5. The third-order valence-corrected chi connectivity index (χ3v) is 7.10. The van der Waals surface area contributed by atoms with Crippen LogP contribution in [0.1, 0.15) is 35.3 Å². The van der Waals surface area contributed by atoms with Crippen molar-refractivity contribution >= 4 is 5.97 Å². The minimum Gasteiger partial charge on any atom is -0.459 e. The first-order valence-electron chi connectivity index (χ1n) is 13.0. The Kier molecular flexibility index (Phi) is 8.13. The van der Waals surface area contributed by atoms with Crippen molar-refractivity contribution in [2.45, 2.75) is 56.4 Å². The molecule has 206 valence electrons. The summed E-state index contributed by atoms with van der Waals surface area (Å²) in [4.78, 5) is 13.0. The van der Waals surface area contributed by atoms with Crippen molar-refractivity contribution in [3.05, 3.63) is 108 Å². The molecule has 4 atom stereocenters. The second-order valence-corrected chi connectivity index (χ2v) is 10.3. The van der Waals surface area contributed by atoms with Crippen molar-refractivity contribution in [3.63, 3.8) is 0 Å². The highest BCUT2D eigenvalue weighted by molar-refractivity contribution is 5.89. The summed E-state index contributed by atoms with van der Waals surface area (Å²) < 4.78 is 37.3. The minimum absolute atomic E-state index is 0.0561. The van der Waals surface area contributed by atoms with Crippen LogP contribution in [0, 0.1) is 0 Å². The highest BCUT2D eigenvalue weighted by atomic mass is 16.9. The van der Waals surface area contributed by atoms with Gasteiger partial charge in [-0.15, -0.1) is 0 Å². The van der Waals surface area contributed by atoms with Crippen LogP contribution >= 0.6 is 0 Å². The Morgan fingerprint density at radius 3 is 2.00 bits per heavy atom. The molecule has 0 spiro atoms. The lowest BCUT2D eigenvalue weighted by molar-refractivity contribution is -0.293. The molecule has 3 aromatic rings. The van der Waals surface area contributed by atoms with Gasteiger partial charge in [-0.05, 0) is 37.1 Å². The largest absolute Gasteiger partial charge is 0.459 e. The average Bonchev–Trinajstić information content (AvgIpc) is 3.39. The third kappa shape index (κ3) is 5.77. The summed E-state index contributed by atoms with van der Waals surface area (Å²) >= 11 is 0. The number of ether oxygens (including phenoxy) is 6. The molecule has 39 heavy (non-hydrogen) atoms. The molecular formula is C31H34O8. The van der Waals surface area contributed by atoms with E-state index in [-0.39, 0.29) is 26.4 Å². The van der Waals surface area contributed by atoms with Gasteiger partial charge in [0, 0.05) is 0 Å². The lowest BCUT2D eigenvalue weighted by Crippen LogP contribution is -2.65. The van der Waals surface area contributed by atoms with E-state index in [1.807, 2.05) is 66.7 Å². The van der Waals surface area contributed by atoms with Crippen molar-refractivity contribution in [1.82, 2.24) is 0 Å². The fourth-order valence-electron chi connectivity index (χ4n) is 5.09. The Hall–Kier alpha value is -3.11. The summed E-state index contributed by atoms with van der Waals surface area (Å²) in [5.74, 6) is -1.50. The van der Waals surface area contributed by atoms with Gasteiger partial charge in [-0.1, -0.05) is 78.9 Å². The zero-order valence-electron chi connectivity index (χ0n) is 22.2. The van der Waals surface area contributed by atoms with Crippen LogP contribution in [0.2, 0.25) is 0 Å². The molecule has 2 aliphatic heterocycles. The summed E-state index contributed by atoms with van der Waals surface area (Å²) in [6.07, 6.45) is -1.68. The molecule has 0 aromatic heterocycles. The summed E-state index contributed by atoms with van der Waals surface area (Å²) in [6, 6.07) is 28.0. The third-order valence-electron chi connectivity index (χ3n) is 7.10. The van der Waals surface area contributed by atoms with E-state index in [4.69, 9.17) is 28.4 Å². The Labute approximate surface area is 228 Å². The van der Waals surface area contributed by atoms with E-state index in [0.29, 0.717) is 5.56 Å². The van der Waals surface area contributed by atoms with Gasteiger partial charge in [0.25, 0.3) is 0 Å². The maximum atomic E-state index is 13.0. The second-order valence-electron chi connectivity index (χ2n) is 10.3. The predicted molar refractivity (Wildman–Crippen MR) is 142 cm³/mol. The standard InChI is InChI=1S/C31H34O8/c1-29(2)37-26-28(38-29)39-30(21-34-18-23-12-6-3-7-13-23,22-35-27(33)25-16-10-5-11-17-25)31(26,20-32)36-19-24-14-8-4-9-15-24/h3-17,26,28,32H,18-22H2,1-2H3/t26-,28-,30-,31-/m0/s1. The molecule has 0 saturated carbocycles. The Bertz CT molecular complexity index is 1220. The van der Waals surface area contributed by atoms with Crippen LogP contribution in [0.25, 0.3) is 0 Å². The van der Waals surface area contributed by atoms with E-state index in [9.17, 15) is 9.90 Å². The number of rotatable bonds is 11. The molecule has 0 radical (unpaired) electrons. The number of esters is 1. The molecule has 1 N–H and O–H groups in total. The number of aliphatic hydroxyl groups excluding tert-OH is 1. The molecule has 0 amide bonds. The van der Waals surface area contributed by atoms with Gasteiger partial charge in [-0.2, -0.15) is 0 Å². The molecule has 0 aliphatic carbocycles. The highest BCUT2D eigenvalue weighted by Crippen LogP contribution is 2.51. The van der Waals surface area contributed by atoms with Crippen LogP contribution in [0.15, 0.2) is 91.0 Å². The van der Waals surface area contributed by atoms with Gasteiger partial charge >= 0.3 is 5.97 Å². The molecule has 0 unspecified atom stereocenters. The van der Waals surface area contributed by atoms with Crippen LogP contribution in [-0.4, -0.2) is 60.3 Å². The monoisotopic (exact) mass is 534 g/mol. The molecule has 2 fully saturated rings. The van der Waals surface area contributed by atoms with Gasteiger partial charge in [0.2, 0.25) is 0 Å². The normalized spacial score (nSPS) is 27.3. The average molecular weight is 535 g/mol. The van der Waals surface area contributed by atoms with Crippen LogP contribution in [0.4, 0.5) is 0 Å². The van der Waals surface area contributed by atoms with Crippen molar-refractivity contribution in [3.8, 4) is 0 Å². The van der Waals surface area contributed by atoms with E-state index in [1.165, 1.54) is 0 Å². The van der Waals surface area contributed by atoms with E-state index in [0.717, 1.165) is 11.1 Å². The predicted octanol–water partition coefficient (Wildman–Crippen LogP) is 4.25. The van der Waals surface area contributed by atoms with Crippen LogP contribution in [-0.2, 0) is 41.6 Å². The number of hydrogen-bond acceptors (Lipinski definition) is 8. The maximum absolute atomic E-state index is 13.0. The number of benzene rings is 3. The Morgan fingerprint density at radius 1 is 0.795 bits per heavy atom. The van der Waals surface area contributed by atoms with Gasteiger partial charge < -0.3 is 33.5 Å². The molecule has 5 rings (SSSR count). The van der Waals surface area contributed by atoms with Crippen LogP contribution in [0.5, 0.6) is 0 Å². The number of carbonyl (C=O) groups is 1. The summed E-state index contributed by atoms with van der Waals surface area (Å²) in [5.41, 5.74) is -0.673. The van der Waals surface area contributed by atoms with Gasteiger partial charge in [0.05, 0.1) is 32.0 Å². The quantitative estimate of drug-likeness (QED) is 0.365. The molecule has 2 saturated heterocycles. The van der Waals surface area contributed by atoms with Crippen molar-refractivity contribution in [2.24, 2.45) is 0 Å². The molecule has 2 aliphatic rings. The SMILES string of the molecule is CC1(C)O[C@H]2O[C@@](COCc3ccccc3)(COC(=O)c3ccccc3)[C@@](CO)(OCc3ccccc3)[C@H]2O1. The second kappa shape index (κ2) is 11.6. The summed E-state index contributed by atoms with van der Waals surface area (Å²) in [5, 5.41) is 11.0. The lowest BCUT2D eigenvalue weighted by Gasteiger charge is -2.44. The Morgan fingerprint density at radius 2 is 1.38 bits per heavy atom. The number of aliphatic hydroxyl groups is 1. The zero-order valence-corrected chi connectivity index (χ0v) is 22.2. The van der Waals surface area contributed by atoms with Crippen LogP contribution < -0.4 is 0 Å². The number of fused-ring (bicyclic) bond motifs is 1. The first-order valence-corrected chi connectivity index (χ1v) is 13.0. The number of hydrogen-bond donors (Lipinski definition) is 1. The first-order chi connectivity index (χ1) is 18.9. The minimum atomic E-state index is -1.48. The molecule has 2 heterocycles. The smallest absolute Gasteiger partial charge is 0.338 e. The van der Waals surface area contributed by atoms with E-state index in [1.54, 1.807) is 38.1 Å². The topological polar surface area (TPSA) is 92.7 Å². The zero-order chi connectivity index (χ0) is 27.3. The van der Waals surface area contributed by atoms with Gasteiger partial charge in [-0.3, -0.25) is 0 Å². The molecule has 8 nitrogen and oxygen atoms in total. The highest BCUT2D eigenvalue weighted by Gasteiger charge is 2.72. The molecular weight excluding hydrogens is 500 g/mol. The van der Waals surface area contributed by atoms with Crippen molar-refractivity contribution in [1.29, 1.82) is 0 Å².